The lowest BCUT2D eigenvalue weighted by atomic mass is 9.56. The molecule has 1 fully saturated rings. The minimum Gasteiger partial charge on any atom is -0.497 e. The van der Waals surface area contributed by atoms with Gasteiger partial charge in [0.15, 0.2) is 0 Å². The van der Waals surface area contributed by atoms with Crippen molar-refractivity contribution in [1.29, 1.82) is 0 Å². The van der Waals surface area contributed by atoms with E-state index in [0.29, 0.717) is 13.0 Å². The molecule has 2 heterocycles. The smallest absolute Gasteiger partial charge is 0.119 e. The topological polar surface area (TPSA) is 54.4 Å². The van der Waals surface area contributed by atoms with Crippen molar-refractivity contribution in [3.63, 3.8) is 0 Å². The Kier molecular flexibility index (Phi) is 3.74. The number of nitrogens with zero attached hydrogens (tertiary/aromatic N) is 1. The van der Waals surface area contributed by atoms with Gasteiger partial charge in [-0.15, -0.1) is 0 Å². The fraction of sp³-hybridized carbons (Fsp3) is 0.348. The van der Waals surface area contributed by atoms with Crippen LogP contribution in [0, 0.1) is 0 Å². The van der Waals surface area contributed by atoms with Crippen LogP contribution in [0.15, 0.2) is 54.6 Å². The van der Waals surface area contributed by atoms with E-state index in [4.69, 9.17) is 9.72 Å². The molecule has 2 aromatic carbocycles. The fourth-order valence-electron chi connectivity index (χ4n) is 5.03. The number of hydrogen-bond donors (Lipinski definition) is 2. The van der Waals surface area contributed by atoms with E-state index in [0.717, 1.165) is 47.3 Å². The van der Waals surface area contributed by atoms with E-state index < -0.39 is 5.60 Å². The molecule has 3 aromatic rings. The number of aliphatic hydroxyl groups is 1. The first-order chi connectivity index (χ1) is 13.1. The highest BCUT2D eigenvalue weighted by molar-refractivity contribution is 5.79. The predicted octanol–water partition coefficient (Wildman–Crippen LogP) is 3.00. The first-order valence-corrected chi connectivity index (χ1v) is 9.59. The monoisotopic (exact) mass is 360 g/mol. The second-order valence-electron chi connectivity index (χ2n) is 7.91. The molecule has 4 nitrogen and oxygen atoms in total. The summed E-state index contributed by atoms with van der Waals surface area (Å²) >= 11 is 0. The number of methoxy groups -OCH3 is 1. The molecular weight excluding hydrogens is 336 g/mol. The highest BCUT2D eigenvalue weighted by Gasteiger charge is 2.55. The number of benzene rings is 2. The number of aromatic nitrogens is 1. The van der Waals surface area contributed by atoms with Gasteiger partial charge in [-0.05, 0) is 48.4 Å². The molecule has 0 saturated carbocycles. The van der Waals surface area contributed by atoms with Gasteiger partial charge in [0.25, 0.3) is 0 Å². The normalized spacial score (nSPS) is 27.0. The largest absolute Gasteiger partial charge is 0.497 e. The molecule has 1 aliphatic carbocycles. The van der Waals surface area contributed by atoms with Gasteiger partial charge in [0.1, 0.15) is 5.75 Å². The second-order valence-corrected chi connectivity index (χ2v) is 7.91. The van der Waals surface area contributed by atoms with Gasteiger partial charge in [0.2, 0.25) is 0 Å². The van der Waals surface area contributed by atoms with E-state index in [1.807, 2.05) is 24.3 Å². The summed E-state index contributed by atoms with van der Waals surface area (Å²) in [4.78, 5) is 4.99. The van der Waals surface area contributed by atoms with Crippen molar-refractivity contribution in [1.82, 2.24) is 10.3 Å². The van der Waals surface area contributed by atoms with Crippen LogP contribution in [-0.2, 0) is 18.3 Å². The third kappa shape index (κ3) is 2.47. The highest BCUT2D eigenvalue weighted by Crippen LogP contribution is 2.49. The van der Waals surface area contributed by atoms with E-state index in [9.17, 15) is 5.11 Å². The Labute approximate surface area is 159 Å². The standard InChI is InChI=1S/C23H24N2O2/c1-27-19-7-4-6-18(12-19)22-9-10-24-15-23(22,26)13-17-11-16-5-2-3-8-20(16)25-21(17)14-22/h2-8,11-12,24,26H,9-10,13-15H2,1H3/t22-,23-/m0/s1. The molecule has 27 heavy (non-hydrogen) atoms. The van der Waals surface area contributed by atoms with E-state index in [1.165, 1.54) is 5.56 Å². The van der Waals surface area contributed by atoms with Crippen molar-refractivity contribution >= 4 is 10.9 Å². The summed E-state index contributed by atoms with van der Waals surface area (Å²) in [5.74, 6) is 0.833. The van der Waals surface area contributed by atoms with Gasteiger partial charge >= 0.3 is 0 Å². The second kappa shape index (κ2) is 6.04. The Balaban J connectivity index is 1.70. The molecule has 0 amide bonds. The van der Waals surface area contributed by atoms with Crippen LogP contribution in [0.2, 0.25) is 0 Å². The third-order valence-electron chi connectivity index (χ3n) is 6.50. The number of hydrogen-bond acceptors (Lipinski definition) is 4. The van der Waals surface area contributed by atoms with Gasteiger partial charge in [0.05, 0.1) is 18.2 Å². The number of nitrogens with one attached hydrogen (secondary N) is 1. The molecule has 1 aliphatic heterocycles. The van der Waals surface area contributed by atoms with Crippen LogP contribution >= 0.6 is 0 Å². The molecule has 0 radical (unpaired) electrons. The summed E-state index contributed by atoms with van der Waals surface area (Å²) < 4.78 is 5.47. The summed E-state index contributed by atoms with van der Waals surface area (Å²) in [6.45, 7) is 1.49. The molecule has 0 spiro atoms. The molecule has 4 heteroatoms. The molecular formula is C23H24N2O2. The van der Waals surface area contributed by atoms with Crippen molar-refractivity contribution in [3.05, 3.63) is 71.4 Å². The predicted molar refractivity (Wildman–Crippen MR) is 106 cm³/mol. The Morgan fingerprint density at radius 1 is 1.07 bits per heavy atom. The summed E-state index contributed by atoms with van der Waals surface area (Å²) in [6.07, 6.45) is 2.24. The summed E-state index contributed by atoms with van der Waals surface area (Å²) in [5, 5.41) is 16.4. The lowest BCUT2D eigenvalue weighted by Crippen LogP contribution is -2.65. The van der Waals surface area contributed by atoms with Crippen molar-refractivity contribution in [3.8, 4) is 5.75 Å². The van der Waals surface area contributed by atoms with Crippen LogP contribution in [0.1, 0.15) is 23.2 Å². The molecule has 1 saturated heterocycles. The van der Waals surface area contributed by atoms with E-state index in [2.05, 4.69) is 35.6 Å². The summed E-state index contributed by atoms with van der Waals surface area (Å²) in [7, 11) is 1.69. The maximum absolute atomic E-state index is 11.8. The Morgan fingerprint density at radius 3 is 2.85 bits per heavy atom. The zero-order valence-electron chi connectivity index (χ0n) is 15.5. The number of β-amino-alcohol motifs (C(OH)–C–C–N with tert-alkyl or cyclic N) is 1. The number of ether oxygens (including phenoxy) is 1. The fourth-order valence-corrected chi connectivity index (χ4v) is 5.03. The Bertz CT molecular complexity index is 1020. The van der Waals surface area contributed by atoms with Crippen molar-refractivity contribution in [2.45, 2.75) is 30.3 Å². The van der Waals surface area contributed by atoms with Crippen molar-refractivity contribution < 1.29 is 9.84 Å². The maximum Gasteiger partial charge on any atom is 0.119 e. The van der Waals surface area contributed by atoms with Gasteiger partial charge in [-0.25, -0.2) is 0 Å². The zero-order valence-corrected chi connectivity index (χ0v) is 15.5. The van der Waals surface area contributed by atoms with Crippen LogP contribution in [-0.4, -0.2) is 35.9 Å². The summed E-state index contributed by atoms with van der Waals surface area (Å²) in [5.41, 5.74) is 3.26. The summed E-state index contributed by atoms with van der Waals surface area (Å²) in [6, 6.07) is 18.6. The van der Waals surface area contributed by atoms with Crippen LogP contribution in [0.3, 0.4) is 0 Å². The van der Waals surface area contributed by atoms with Gasteiger partial charge < -0.3 is 15.2 Å². The molecule has 2 atom stereocenters. The lowest BCUT2D eigenvalue weighted by Gasteiger charge is -2.54. The quantitative estimate of drug-likeness (QED) is 0.738. The van der Waals surface area contributed by atoms with Crippen LogP contribution in [0.25, 0.3) is 10.9 Å². The molecule has 138 valence electrons. The molecule has 2 aliphatic rings. The van der Waals surface area contributed by atoms with Gasteiger partial charge in [0, 0.05) is 35.9 Å². The molecule has 5 rings (SSSR count). The lowest BCUT2D eigenvalue weighted by molar-refractivity contribution is -0.0661. The SMILES string of the molecule is COc1cccc([C@@]23CCNC[C@@]2(O)Cc2cc4ccccc4nc2C3)c1. The number of pyridine rings is 1. The number of piperidine rings is 1. The minimum atomic E-state index is -0.839. The minimum absolute atomic E-state index is 0.352. The first kappa shape index (κ1) is 16.7. The average Bonchev–Trinajstić information content (AvgIpc) is 2.70. The van der Waals surface area contributed by atoms with E-state index in [-0.39, 0.29) is 5.41 Å². The number of fused-ring (bicyclic) bond motifs is 3. The first-order valence-electron chi connectivity index (χ1n) is 9.59. The average molecular weight is 360 g/mol. The van der Waals surface area contributed by atoms with E-state index >= 15 is 0 Å². The zero-order chi connectivity index (χ0) is 18.5. The van der Waals surface area contributed by atoms with Crippen LogP contribution in [0.4, 0.5) is 0 Å². The van der Waals surface area contributed by atoms with Crippen LogP contribution in [0.5, 0.6) is 5.75 Å². The van der Waals surface area contributed by atoms with Crippen molar-refractivity contribution in [2.24, 2.45) is 0 Å². The molecule has 1 aromatic heterocycles. The van der Waals surface area contributed by atoms with Crippen molar-refractivity contribution in [2.75, 3.05) is 20.2 Å². The molecule has 2 N–H and O–H groups in total. The Hall–Kier alpha value is -2.43. The number of para-hydroxylation sites is 1. The van der Waals surface area contributed by atoms with Gasteiger partial charge in [-0.3, -0.25) is 4.98 Å². The Morgan fingerprint density at radius 2 is 1.96 bits per heavy atom. The molecule has 0 bridgehead atoms. The van der Waals surface area contributed by atoms with Gasteiger partial charge in [-0.1, -0.05) is 30.3 Å². The highest BCUT2D eigenvalue weighted by atomic mass is 16.5. The van der Waals surface area contributed by atoms with Gasteiger partial charge in [-0.2, -0.15) is 0 Å². The number of rotatable bonds is 2. The maximum atomic E-state index is 11.8. The van der Waals surface area contributed by atoms with Crippen LogP contribution < -0.4 is 10.1 Å². The van der Waals surface area contributed by atoms with E-state index in [1.54, 1.807) is 7.11 Å². The molecule has 0 unspecified atom stereocenters. The third-order valence-corrected chi connectivity index (χ3v) is 6.50.